The van der Waals surface area contributed by atoms with Crippen LogP contribution >= 0.6 is 0 Å². The third-order valence-electron chi connectivity index (χ3n) is 3.38. The second kappa shape index (κ2) is 8.03. The molecule has 128 valence electrons. The van der Waals surface area contributed by atoms with E-state index < -0.39 is 21.7 Å². The van der Waals surface area contributed by atoms with Crippen molar-refractivity contribution in [1.29, 1.82) is 0 Å². The van der Waals surface area contributed by atoms with Gasteiger partial charge in [-0.25, -0.2) is 12.8 Å². The van der Waals surface area contributed by atoms with E-state index in [1.807, 2.05) is 6.92 Å². The van der Waals surface area contributed by atoms with Crippen LogP contribution in [0.15, 0.2) is 53.4 Å². The van der Waals surface area contributed by atoms with Gasteiger partial charge in [0.2, 0.25) is 5.91 Å². The Kier molecular flexibility index (Phi) is 6.05. The van der Waals surface area contributed by atoms with Gasteiger partial charge in [-0.2, -0.15) is 0 Å². The van der Waals surface area contributed by atoms with E-state index in [0.29, 0.717) is 5.56 Å². The number of hydrogen-bond donors (Lipinski definition) is 2. The summed E-state index contributed by atoms with van der Waals surface area (Å²) in [7, 11) is -3.83. The molecule has 7 heteroatoms. The summed E-state index contributed by atoms with van der Waals surface area (Å²) in [6.45, 7) is 2.04. The number of nitrogens with one attached hydrogen (secondary N) is 2. The molecule has 2 rings (SSSR count). The van der Waals surface area contributed by atoms with Crippen LogP contribution in [0.2, 0.25) is 0 Å². The highest BCUT2D eigenvalue weighted by Crippen LogP contribution is 2.11. The van der Waals surface area contributed by atoms with E-state index in [0.717, 1.165) is 18.4 Å². The van der Waals surface area contributed by atoms with Gasteiger partial charge >= 0.3 is 0 Å². The molecule has 0 radical (unpaired) electrons. The molecule has 2 aromatic carbocycles. The molecule has 0 saturated heterocycles. The molecule has 0 heterocycles. The summed E-state index contributed by atoms with van der Waals surface area (Å²) >= 11 is 0. The Labute approximate surface area is 140 Å². The van der Waals surface area contributed by atoms with Crippen LogP contribution in [0.1, 0.15) is 24.5 Å². The summed E-state index contributed by atoms with van der Waals surface area (Å²) in [4.78, 5) is 13.9. The second-order valence-corrected chi connectivity index (χ2v) is 7.03. The molecule has 0 aliphatic carbocycles. The van der Waals surface area contributed by atoms with E-state index in [-0.39, 0.29) is 11.3 Å². The number of hydrazine groups is 1. The predicted octanol–water partition coefficient (Wildman–Crippen LogP) is 2.33. The lowest BCUT2D eigenvalue weighted by molar-refractivity contribution is -0.120. The van der Waals surface area contributed by atoms with Crippen molar-refractivity contribution in [1.82, 2.24) is 10.3 Å². The Hall–Kier alpha value is -2.25. The Morgan fingerprint density at radius 3 is 2.17 bits per heavy atom. The minimum absolute atomic E-state index is 0.0573. The SMILES string of the molecule is CCCc1ccc(S(=O)(=O)NNC(=O)Cc2ccc(F)cc2)cc1. The third-order valence-corrected chi connectivity index (χ3v) is 4.64. The molecule has 0 aliphatic rings. The van der Waals surface area contributed by atoms with Gasteiger partial charge in [-0.05, 0) is 41.8 Å². The standard InChI is InChI=1S/C17H19FN2O3S/c1-2-3-13-6-10-16(11-7-13)24(22,23)20-19-17(21)12-14-4-8-15(18)9-5-14/h4-11,20H,2-3,12H2,1H3,(H,19,21). The fraction of sp³-hybridized carbons (Fsp3) is 0.235. The molecule has 0 saturated carbocycles. The smallest absolute Gasteiger partial charge is 0.257 e. The highest BCUT2D eigenvalue weighted by Gasteiger charge is 2.15. The number of sulfonamides is 1. The lowest BCUT2D eigenvalue weighted by Crippen LogP contribution is -2.42. The van der Waals surface area contributed by atoms with Crippen LogP contribution in [0.4, 0.5) is 4.39 Å². The van der Waals surface area contributed by atoms with Gasteiger partial charge in [-0.15, -0.1) is 4.83 Å². The fourth-order valence-corrected chi connectivity index (χ4v) is 3.00. The number of halogens is 1. The topological polar surface area (TPSA) is 75.3 Å². The first-order valence-electron chi connectivity index (χ1n) is 7.55. The zero-order chi connectivity index (χ0) is 17.6. The van der Waals surface area contributed by atoms with Crippen LogP contribution in [-0.4, -0.2) is 14.3 Å². The highest BCUT2D eigenvalue weighted by molar-refractivity contribution is 7.89. The molecule has 2 N–H and O–H groups in total. The summed E-state index contributed by atoms with van der Waals surface area (Å²) in [5.74, 6) is -0.931. The van der Waals surface area contributed by atoms with Crippen LogP contribution in [-0.2, 0) is 27.7 Å². The Balaban J connectivity index is 1.93. The summed E-state index contributed by atoms with van der Waals surface area (Å²) in [6.07, 6.45) is 1.80. The van der Waals surface area contributed by atoms with E-state index >= 15 is 0 Å². The summed E-state index contributed by atoms with van der Waals surface area (Å²) in [5.41, 5.74) is 3.79. The predicted molar refractivity (Wildman–Crippen MR) is 89.0 cm³/mol. The van der Waals surface area contributed by atoms with E-state index in [9.17, 15) is 17.6 Å². The van der Waals surface area contributed by atoms with Crippen LogP contribution < -0.4 is 10.3 Å². The van der Waals surface area contributed by atoms with Gasteiger partial charge in [0.05, 0.1) is 11.3 Å². The van der Waals surface area contributed by atoms with Gasteiger partial charge in [0.15, 0.2) is 0 Å². The first kappa shape index (κ1) is 18.1. The Morgan fingerprint density at radius 2 is 1.58 bits per heavy atom. The van der Waals surface area contributed by atoms with Gasteiger partial charge in [0, 0.05) is 0 Å². The molecule has 0 bridgehead atoms. The minimum Gasteiger partial charge on any atom is -0.277 e. The molecular formula is C17H19FN2O3S. The van der Waals surface area contributed by atoms with Gasteiger partial charge in [0.1, 0.15) is 5.82 Å². The normalized spacial score (nSPS) is 11.2. The van der Waals surface area contributed by atoms with E-state index in [1.54, 1.807) is 12.1 Å². The number of rotatable bonds is 7. The van der Waals surface area contributed by atoms with Crippen molar-refractivity contribution in [3.05, 3.63) is 65.5 Å². The van der Waals surface area contributed by atoms with Crippen molar-refractivity contribution in [2.75, 3.05) is 0 Å². The number of amides is 1. The summed E-state index contributed by atoms with van der Waals surface area (Å²) in [6, 6.07) is 11.9. The molecule has 1 amide bonds. The maximum atomic E-state index is 12.8. The fourth-order valence-electron chi connectivity index (χ4n) is 2.14. The lowest BCUT2D eigenvalue weighted by Gasteiger charge is -2.09. The molecule has 0 spiro atoms. The van der Waals surface area contributed by atoms with Gasteiger partial charge < -0.3 is 0 Å². The van der Waals surface area contributed by atoms with Crippen molar-refractivity contribution in [2.45, 2.75) is 31.1 Å². The average Bonchev–Trinajstić information content (AvgIpc) is 2.56. The molecular weight excluding hydrogens is 331 g/mol. The molecule has 2 aromatic rings. The zero-order valence-electron chi connectivity index (χ0n) is 13.3. The average molecular weight is 350 g/mol. The quantitative estimate of drug-likeness (QED) is 0.753. The molecule has 24 heavy (non-hydrogen) atoms. The first-order valence-corrected chi connectivity index (χ1v) is 9.03. The maximum absolute atomic E-state index is 12.8. The lowest BCUT2D eigenvalue weighted by atomic mass is 10.1. The van der Waals surface area contributed by atoms with Crippen molar-refractivity contribution >= 4 is 15.9 Å². The van der Waals surface area contributed by atoms with E-state index in [4.69, 9.17) is 0 Å². The van der Waals surface area contributed by atoms with Crippen LogP contribution in [0.3, 0.4) is 0 Å². The number of carbonyl (C=O) groups excluding carboxylic acids is 1. The van der Waals surface area contributed by atoms with E-state index in [2.05, 4.69) is 10.3 Å². The van der Waals surface area contributed by atoms with E-state index in [1.165, 1.54) is 36.4 Å². The highest BCUT2D eigenvalue weighted by atomic mass is 32.2. The number of aryl methyl sites for hydroxylation is 1. The Bertz CT molecular complexity index is 788. The molecule has 0 aromatic heterocycles. The third kappa shape index (κ3) is 5.14. The summed E-state index contributed by atoms with van der Waals surface area (Å²) < 4.78 is 37.1. The number of carbonyl (C=O) groups is 1. The minimum atomic E-state index is -3.83. The second-order valence-electron chi connectivity index (χ2n) is 5.35. The zero-order valence-corrected chi connectivity index (χ0v) is 14.1. The molecule has 0 fully saturated rings. The molecule has 0 atom stereocenters. The van der Waals surface area contributed by atoms with Crippen LogP contribution in [0.25, 0.3) is 0 Å². The maximum Gasteiger partial charge on any atom is 0.257 e. The number of benzene rings is 2. The van der Waals surface area contributed by atoms with Gasteiger partial charge in [-0.1, -0.05) is 37.6 Å². The van der Waals surface area contributed by atoms with Crippen molar-refractivity contribution in [3.63, 3.8) is 0 Å². The number of hydrogen-bond acceptors (Lipinski definition) is 3. The Morgan fingerprint density at radius 1 is 1.00 bits per heavy atom. The molecule has 0 aliphatic heterocycles. The molecule has 0 unspecified atom stereocenters. The van der Waals surface area contributed by atoms with Crippen molar-refractivity contribution in [2.24, 2.45) is 0 Å². The van der Waals surface area contributed by atoms with Crippen LogP contribution in [0, 0.1) is 5.82 Å². The van der Waals surface area contributed by atoms with Crippen LogP contribution in [0.5, 0.6) is 0 Å². The van der Waals surface area contributed by atoms with Crippen molar-refractivity contribution in [3.8, 4) is 0 Å². The van der Waals surface area contributed by atoms with Gasteiger partial charge in [0.25, 0.3) is 10.0 Å². The largest absolute Gasteiger partial charge is 0.277 e. The molecule has 5 nitrogen and oxygen atoms in total. The monoisotopic (exact) mass is 350 g/mol. The summed E-state index contributed by atoms with van der Waals surface area (Å²) in [5, 5.41) is 0. The first-order chi connectivity index (χ1) is 11.4. The van der Waals surface area contributed by atoms with Crippen molar-refractivity contribution < 1.29 is 17.6 Å². The van der Waals surface area contributed by atoms with Gasteiger partial charge in [-0.3, -0.25) is 10.2 Å².